The van der Waals surface area contributed by atoms with E-state index in [9.17, 15) is 9.59 Å². The Labute approximate surface area is 157 Å². The second-order valence-electron chi connectivity index (χ2n) is 6.01. The predicted molar refractivity (Wildman–Crippen MR) is 105 cm³/mol. The normalized spacial score (nSPS) is 9.93. The number of benzene rings is 3. The van der Waals surface area contributed by atoms with Crippen molar-refractivity contribution in [3.63, 3.8) is 0 Å². The molecule has 2 N–H and O–H groups in total. The Balaban J connectivity index is 1.70. The van der Waals surface area contributed by atoms with E-state index in [1.54, 1.807) is 48.5 Å². The maximum Gasteiger partial charge on any atom is 0.255 e. The summed E-state index contributed by atoms with van der Waals surface area (Å²) in [4.78, 5) is 24.7. The van der Waals surface area contributed by atoms with E-state index in [1.807, 2.05) is 37.3 Å². The van der Waals surface area contributed by atoms with Crippen molar-refractivity contribution in [2.24, 2.45) is 0 Å². The molecule has 0 aliphatic heterocycles. The highest BCUT2D eigenvalue weighted by Crippen LogP contribution is 2.16. The van der Waals surface area contributed by atoms with Crippen LogP contribution >= 0.6 is 0 Å². The van der Waals surface area contributed by atoms with E-state index in [1.165, 1.54) is 0 Å². The van der Waals surface area contributed by atoms with E-state index >= 15 is 0 Å². The lowest BCUT2D eigenvalue weighted by molar-refractivity contribution is 0.101. The third-order valence-corrected chi connectivity index (χ3v) is 3.98. The third kappa shape index (κ3) is 4.39. The highest BCUT2D eigenvalue weighted by Gasteiger charge is 2.11. The van der Waals surface area contributed by atoms with E-state index in [0.717, 1.165) is 11.3 Å². The lowest BCUT2D eigenvalue weighted by Gasteiger charge is -2.08. The van der Waals surface area contributed by atoms with E-state index < -0.39 is 0 Å². The highest BCUT2D eigenvalue weighted by atomic mass is 16.2. The van der Waals surface area contributed by atoms with Crippen LogP contribution in [0.3, 0.4) is 0 Å². The number of amides is 2. The second kappa shape index (κ2) is 7.98. The number of aryl methyl sites for hydroxylation is 1. The summed E-state index contributed by atoms with van der Waals surface area (Å²) in [5, 5.41) is 14.6. The van der Waals surface area contributed by atoms with Crippen LogP contribution in [0.4, 0.5) is 11.4 Å². The van der Waals surface area contributed by atoms with Crippen molar-refractivity contribution in [2.45, 2.75) is 6.92 Å². The van der Waals surface area contributed by atoms with Crippen LogP contribution in [0, 0.1) is 18.3 Å². The lowest BCUT2D eigenvalue weighted by atomic mass is 10.1. The molecule has 0 atom stereocenters. The van der Waals surface area contributed by atoms with Crippen molar-refractivity contribution in [3.05, 3.63) is 95.1 Å². The largest absolute Gasteiger partial charge is 0.322 e. The molecule has 5 heteroatoms. The number of hydrogen-bond donors (Lipinski definition) is 2. The molecule has 3 rings (SSSR count). The molecule has 0 saturated carbocycles. The summed E-state index contributed by atoms with van der Waals surface area (Å²) in [5.74, 6) is -0.592. The molecule has 5 nitrogen and oxygen atoms in total. The first-order valence-electron chi connectivity index (χ1n) is 8.35. The first-order chi connectivity index (χ1) is 13.1. The van der Waals surface area contributed by atoms with Gasteiger partial charge in [0, 0.05) is 16.8 Å². The maximum absolute atomic E-state index is 12.4. The molecule has 3 aromatic rings. The van der Waals surface area contributed by atoms with Crippen LogP contribution in [-0.4, -0.2) is 11.8 Å². The van der Waals surface area contributed by atoms with Crippen molar-refractivity contribution in [1.82, 2.24) is 0 Å². The average molecular weight is 355 g/mol. The standard InChI is InChI=1S/C22H17N3O2/c1-15-5-4-7-19(13-15)24-21(26)16-9-11-17(12-10-16)22(27)25-20-8-3-2-6-18(20)14-23/h2-13H,1H3,(H,24,26)(H,25,27). The molecule has 0 unspecified atom stereocenters. The van der Waals surface area contributed by atoms with Crippen molar-refractivity contribution in [2.75, 3.05) is 10.6 Å². The van der Waals surface area contributed by atoms with Gasteiger partial charge in [0.15, 0.2) is 0 Å². The number of anilines is 2. The third-order valence-electron chi connectivity index (χ3n) is 3.98. The number of nitrogens with zero attached hydrogens (tertiary/aromatic N) is 1. The second-order valence-corrected chi connectivity index (χ2v) is 6.01. The molecule has 0 radical (unpaired) electrons. The van der Waals surface area contributed by atoms with Crippen molar-refractivity contribution >= 4 is 23.2 Å². The van der Waals surface area contributed by atoms with Crippen LogP contribution in [0.15, 0.2) is 72.8 Å². The van der Waals surface area contributed by atoms with Gasteiger partial charge >= 0.3 is 0 Å². The Morgan fingerprint density at radius 1 is 0.815 bits per heavy atom. The monoisotopic (exact) mass is 355 g/mol. The van der Waals surface area contributed by atoms with E-state index in [0.29, 0.717) is 22.4 Å². The molecule has 0 aliphatic carbocycles. The van der Waals surface area contributed by atoms with Crippen LogP contribution in [0.25, 0.3) is 0 Å². The summed E-state index contributed by atoms with van der Waals surface area (Å²) in [6.07, 6.45) is 0. The van der Waals surface area contributed by atoms with Crippen LogP contribution in [0.5, 0.6) is 0 Å². The Morgan fingerprint density at radius 3 is 2.07 bits per heavy atom. The Morgan fingerprint density at radius 2 is 1.44 bits per heavy atom. The van der Waals surface area contributed by atoms with Gasteiger partial charge in [0.1, 0.15) is 6.07 Å². The summed E-state index contributed by atoms with van der Waals surface area (Å²) < 4.78 is 0. The molecule has 0 heterocycles. The van der Waals surface area contributed by atoms with E-state index in [-0.39, 0.29) is 11.8 Å². The summed E-state index contributed by atoms with van der Waals surface area (Å²) in [6, 6.07) is 22.7. The minimum absolute atomic E-state index is 0.248. The van der Waals surface area contributed by atoms with E-state index in [2.05, 4.69) is 10.6 Å². The van der Waals surface area contributed by atoms with Gasteiger partial charge in [-0.25, -0.2) is 0 Å². The maximum atomic E-state index is 12.4. The Kier molecular flexibility index (Phi) is 5.29. The molecule has 0 spiro atoms. The average Bonchev–Trinajstić information content (AvgIpc) is 2.68. The molecule has 0 fully saturated rings. The summed E-state index contributed by atoms with van der Waals surface area (Å²) in [5.41, 5.74) is 3.46. The van der Waals surface area contributed by atoms with Gasteiger partial charge in [0.25, 0.3) is 11.8 Å². The number of hydrogen-bond acceptors (Lipinski definition) is 3. The summed E-state index contributed by atoms with van der Waals surface area (Å²) in [7, 11) is 0. The number of nitrogens with one attached hydrogen (secondary N) is 2. The van der Waals surface area contributed by atoms with Crippen molar-refractivity contribution < 1.29 is 9.59 Å². The van der Waals surface area contributed by atoms with Crippen LogP contribution in [0.2, 0.25) is 0 Å². The summed E-state index contributed by atoms with van der Waals surface area (Å²) in [6.45, 7) is 1.95. The first-order valence-corrected chi connectivity index (χ1v) is 8.35. The van der Waals surface area contributed by atoms with Crippen LogP contribution in [0.1, 0.15) is 31.8 Å². The van der Waals surface area contributed by atoms with Gasteiger partial charge in [-0.2, -0.15) is 5.26 Å². The van der Waals surface area contributed by atoms with Gasteiger partial charge in [-0.3, -0.25) is 9.59 Å². The fourth-order valence-electron chi connectivity index (χ4n) is 2.58. The number of nitriles is 1. The minimum Gasteiger partial charge on any atom is -0.322 e. The zero-order valence-electron chi connectivity index (χ0n) is 14.7. The SMILES string of the molecule is Cc1cccc(NC(=O)c2ccc(C(=O)Nc3ccccc3C#N)cc2)c1. The van der Waals surface area contributed by atoms with Gasteiger partial charge in [-0.05, 0) is 61.0 Å². The van der Waals surface area contributed by atoms with Crippen LogP contribution in [-0.2, 0) is 0 Å². The number of para-hydroxylation sites is 1. The number of carbonyl (C=O) groups excluding carboxylic acids is 2. The van der Waals surface area contributed by atoms with E-state index in [4.69, 9.17) is 5.26 Å². The lowest BCUT2D eigenvalue weighted by Crippen LogP contribution is -2.15. The molecule has 0 aliphatic rings. The fraction of sp³-hybridized carbons (Fsp3) is 0.0455. The Bertz CT molecular complexity index is 1030. The minimum atomic E-state index is -0.344. The van der Waals surface area contributed by atoms with Gasteiger partial charge < -0.3 is 10.6 Å². The predicted octanol–water partition coefficient (Wildman–Crippen LogP) is 4.37. The fourth-order valence-corrected chi connectivity index (χ4v) is 2.58. The van der Waals surface area contributed by atoms with Gasteiger partial charge in [0.05, 0.1) is 11.3 Å². The zero-order valence-corrected chi connectivity index (χ0v) is 14.7. The molecule has 0 saturated heterocycles. The quantitative estimate of drug-likeness (QED) is 0.729. The molecule has 3 aromatic carbocycles. The molecule has 132 valence electrons. The van der Waals surface area contributed by atoms with Gasteiger partial charge in [-0.1, -0.05) is 24.3 Å². The van der Waals surface area contributed by atoms with Crippen molar-refractivity contribution in [3.8, 4) is 6.07 Å². The molecule has 2 amide bonds. The molecule has 27 heavy (non-hydrogen) atoms. The Hall–Kier alpha value is -3.91. The topological polar surface area (TPSA) is 82.0 Å². The van der Waals surface area contributed by atoms with Gasteiger partial charge in [-0.15, -0.1) is 0 Å². The van der Waals surface area contributed by atoms with Crippen molar-refractivity contribution in [1.29, 1.82) is 5.26 Å². The molecule has 0 bridgehead atoms. The first kappa shape index (κ1) is 17.9. The number of carbonyl (C=O) groups is 2. The van der Waals surface area contributed by atoms with Gasteiger partial charge in [0.2, 0.25) is 0 Å². The van der Waals surface area contributed by atoms with Crippen LogP contribution < -0.4 is 10.6 Å². The smallest absolute Gasteiger partial charge is 0.255 e. The number of rotatable bonds is 4. The summed E-state index contributed by atoms with van der Waals surface area (Å²) >= 11 is 0. The highest BCUT2D eigenvalue weighted by molar-refractivity contribution is 6.07. The molecule has 0 aromatic heterocycles. The molecular formula is C22H17N3O2. The zero-order chi connectivity index (χ0) is 19.2. The molecular weight excluding hydrogens is 338 g/mol.